The summed E-state index contributed by atoms with van der Waals surface area (Å²) in [4.78, 5) is 6.49. The fraction of sp³-hybridized carbons (Fsp3) is 0.579. The van der Waals surface area contributed by atoms with Gasteiger partial charge in [-0.15, -0.1) is 0 Å². The molecular weight excluding hydrogens is 359 g/mol. The van der Waals surface area contributed by atoms with Gasteiger partial charge in [0.05, 0.1) is 17.7 Å². The summed E-state index contributed by atoms with van der Waals surface area (Å²) in [5, 5.41) is 14.9. The molecular formula is C19H22F3N3O2. The molecule has 1 N–H and O–H groups in total. The third-order valence-electron chi connectivity index (χ3n) is 5.45. The maximum atomic E-state index is 12.9. The van der Waals surface area contributed by atoms with Gasteiger partial charge in [0.2, 0.25) is 5.89 Å². The van der Waals surface area contributed by atoms with Crippen LogP contribution in [0.5, 0.6) is 0 Å². The van der Waals surface area contributed by atoms with Gasteiger partial charge in [0, 0.05) is 19.5 Å². The number of hydrogen-bond acceptors (Lipinski definition) is 5. The fourth-order valence-corrected chi connectivity index (χ4v) is 3.56. The van der Waals surface area contributed by atoms with Crippen molar-refractivity contribution in [1.82, 2.24) is 15.0 Å². The van der Waals surface area contributed by atoms with Gasteiger partial charge in [0.15, 0.2) is 5.82 Å². The second-order valence-electron chi connectivity index (χ2n) is 7.64. The van der Waals surface area contributed by atoms with Crippen LogP contribution >= 0.6 is 0 Å². The lowest BCUT2D eigenvalue weighted by Crippen LogP contribution is -2.42. The first-order valence-corrected chi connectivity index (χ1v) is 9.26. The molecule has 1 aliphatic carbocycles. The maximum Gasteiger partial charge on any atom is 0.416 e. The molecule has 2 aromatic rings. The molecule has 146 valence electrons. The van der Waals surface area contributed by atoms with E-state index in [1.165, 1.54) is 18.9 Å². The first-order chi connectivity index (χ1) is 12.8. The Labute approximate surface area is 155 Å². The van der Waals surface area contributed by atoms with Crippen molar-refractivity contribution in [2.45, 2.75) is 50.4 Å². The van der Waals surface area contributed by atoms with E-state index in [9.17, 15) is 18.3 Å². The molecule has 0 spiro atoms. The smallest absolute Gasteiger partial charge is 0.385 e. The van der Waals surface area contributed by atoms with Gasteiger partial charge in [-0.1, -0.05) is 17.3 Å². The number of nitrogens with zero attached hydrogens (tertiary/aromatic N) is 3. The Bertz CT molecular complexity index is 793. The molecule has 1 saturated carbocycles. The minimum Gasteiger partial charge on any atom is -0.385 e. The summed E-state index contributed by atoms with van der Waals surface area (Å²) in [7, 11) is 0. The van der Waals surface area contributed by atoms with Crippen LogP contribution in [0.25, 0.3) is 0 Å². The molecule has 0 radical (unpaired) electrons. The minimum atomic E-state index is -4.41. The van der Waals surface area contributed by atoms with Gasteiger partial charge in [-0.05, 0) is 49.3 Å². The zero-order chi connectivity index (χ0) is 19.1. The third kappa shape index (κ3) is 4.32. The molecule has 4 rings (SSSR count). The van der Waals surface area contributed by atoms with Crippen LogP contribution < -0.4 is 0 Å². The Balaban J connectivity index is 1.37. The van der Waals surface area contributed by atoms with Gasteiger partial charge in [-0.25, -0.2) is 0 Å². The predicted octanol–water partition coefficient (Wildman–Crippen LogP) is 3.52. The number of aliphatic hydroxyl groups is 1. The van der Waals surface area contributed by atoms with Crippen molar-refractivity contribution in [1.29, 1.82) is 0 Å². The second kappa shape index (κ2) is 6.91. The highest BCUT2D eigenvalue weighted by Gasteiger charge is 2.37. The highest BCUT2D eigenvalue weighted by molar-refractivity contribution is 5.30. The maximum absolute atomic E-state index is 12.9. The molecule has 8 heteroatoms. The normalized spacial score (nSPS) is 20.7. The van der Waals surface area contributed by atoms with Crippen molar-refractivity contribution < 1.29 is 22.8 Å². The Hall–Kier alpha value is -1.93. The van der Waals surface area contributed by atoms with Gasteiger partial charge < -0.3 is 9.63 Å². The lowest BCUT2D eigenvalue weighted by molar-refractivity contribution is -0.137. The van der Waals surface area contributed by atoms with Crippen LogP contribution in [0.15, 0.2) is 28.8 Å². The number of hydrogen-bond donors (Lipinski definition) is 1. The van der Waals surface area contributed by atoms with Crippen LogP contribution in [0.4, 0.5) is 13.2 Å². The van der Waals surface area contributed by atoms with E-state index in [4.69, 9.17) is 4.52 Å². The van der Waals surface area contributed by atoms with Gasteiger partial charge in [0.25, 0.3) is 0 Å². The number of alkyl halides is 3. The van der Waals surface area contributed by atoms with E-state index in [0.717, 1.165) is 24.4 Å². The van der Waals surface area contributed by atoms with Crippen molar-refractivity contribution in [3.05, 3.63) is 47.1 Å². The Morgan fingerprint density at radius 3 is 2.63 bits per heavy atom. The van der Waals surface area contributed by atoms with Crippen molar-refractivity contribution in [3.8, 4) is 0 Å². The molecule has 2 fully saturated rings. The van der Waals surface area contributed by atoms with E-state index in [0.29, 0.717) is 49.8 Å². The molecule has 1 saturated heterocycles. The predicted molar refractivity (Wildman–Crippen MR) is 90.6 cm³/mol. The lowest BCUT2D eigenvalue weighted by Gasteiger charge is -2.38. The van der Waals surface area contributed by atoms with E-state index < -0.39 is 17.3 Å². The number of aromatic nitrogens is 2. The van der Waals surface area contributed by atoms with Crippen molar-refractivity contribution in [2.24, 2.45) is 5.92 Å². The Kier molecular flexibility index (Phi) is 4.71. The van der Waals surface area contributed by atoms with Gasteiger partial charge >= 0.3 is 6.18 Å². The third-order valence-corrected chi connectivity index (χ3v) is 5.45. The van der Waals surface area contributed by atoms with Crippen LogP contribution in [0.2, 0.25) is 0 Å². The van der Waals surface area contributed by atoms with Gasteiger partial charge in [-0.2, -0.15) is 18.2 Å². The quantitative estimate of drug-likeness (QED) is 0.859. The second-order valence-corrected chi connectivity index (χ2v) is 7.64. The zero-order valence-electron chi connectivity index (χ0n) is 14.9. The molecule has 0 atom stereocenters. The van der Waals surface area contributed by atoms with E-state index in [1.807, 2.05) is 0 Å². The first kappa shape index (κ1) is 18.4. The number of likely N-dealkylation sites (tertiary alicyclic amines) is 1. The van der Waals surface area contributed by atoms with E-state index in [-0.39, 0.29) is 0 Å². The Morgan fingerprint density at radius 2 is 1.96 bits per heavy atom. The Morgan fingerprint density at radius 1 is 1.22 bits per heavy atom. The van der Waals surface area contributed by atoms with Crippen molar-refractivity contribution in [2.75, 3.05) is 13.1 Å². The van der Waals surface area contributed by atoms with Crippen molar-refractivity contribution >= 4 is 0 Å². The largest absolute Gasteiger partial charge is 0.416 e. The molecule has 27 heavy (non-hydrogen) atoms. The lowest BCUT2D eigenvalue weighted by atomic mass is 9.84. The minimum absolute atomic E-state index is 0.321. The summed E-state index contributed by atoms with van der Waals surface area (Å²) >= 11 is 0. The summed E-state index contributed by atoms with van der Waals surface area (Å²) in [6.45, 7) is 1.59. The average Bonchev–Trinajstić information content (AvgIpc) is 3.34. The van der Waals surface area contributed by atoms with E-state index in [1.54, 1.807) is 6.07 Å². The number of benzene rings is 1. The van der Waals surface area contributed by atoms with Crippen molar-refractivity contribution in [3.63, 3.8) is 0 Å². The molecule has 1 aromatic heterocycles. The van der Waals surface area contributed by atoms with Crippen LogP contribution in [-0.2, 0) is 24.7 Å². The fourth-order valence-electron chi connectivity index (χ4n) is 3.56. The van der Waals surface area contributed by atoms with Crippen LogP contribution in [-0.4, -0.2) is 33.2 Å². The zero-order valence-corrected chi connectivity index (χ0v) is 14.9. The number of rotatable bonds is 5. The molecule has 1 aliphatic heterocycles. The van der Waals surface area contributed by atoms with Crippen LogP contribution in [0, 0.1) is 5.92 Å². The molecule has 0 amide bonds. The van der Waals surface area contributed by atoms with E-state index in [2.05, 4.69) is 15.0 Å². The summed E-state index contributed by atoms with van der Waals surface area (Å²) in [5.41, 5.74) is -1.66. The summed E-state index contributed by atoms with van der Waals surface area (Å²) in [6.07, 6.45) is -0.384. The highest BCUT2D eigenvalue weighted by Crippen LogP contribution is 2.37. The van der Waals surface area contributed by atoms with E-state index >= 15 is 0 Å². The standard InChI is InChI=1S/C19H22F3N3O2/c20-19(21,22)15-3-1-2-14(11-15)18(26)6-8-25(9-7-18)12-17-23-16(24-27-17)10-13-4-5-13/h1-3,11,13,26H,4-10,12H2. The van der Waals surface area contributed by atoms with Crippen LogP contribution in [0.1, 0.15) is 48.5 Å². The number of halogens is 3. The van der Waals surface area contributed by atoms with Crippen LogP contribution in [0.3, 0.4) is 0 Å². The summed E-state index contributed by atoms with van der Waals surface area (Å²) in [5.74, 6) is 1.98. The summed E-state index contributed by atoms with van der Waals surface area (Å²) < 4.78 is 44.1. The highest BCUT2D eigenvalue weighted by atomic mass is 19.4. The molecule has 0 unspecified atom stereocenters. The molecule has 1 aromatic carbocycles. The number of piperidine rings is 1. The van der Waals surface area contributed by atoms with Gasteiger partial charge in [-0.3, -0.25) is 4.90 Å². The molecule has 2 heterocycles. The molecule has 0 bridgehead atoms. The molecule has 5 nitrogen and oxygen atoms in total. The SMILES string of the molecule is OC1(c2cccc(C(F)(F)F)c2)CCN(Cc2nc(CC3CC3)no2)CC1. The first-order valence-electron chi connectivity index (χ1n) is 9.26. The summed E-state index contributed by atoms with van der Waals surface area (Å²) in [6, 6.07) is 4.99. The molecule has 2 aliphatic rings. The monoisotopic (exact) mass is 381 g/mol. The topological polar surface area (TPSA) is 62.4 Å². The average molecular weight is 381 g/mol. The van der Waals surface area contributed by atoms with Gasteiger partial charge in [0.1, 0.15) is 0 Å².